The zero-order valence-corrected chi connectivity index (χ0v) is 25.2. The number of carbonyl (C=O) groups excluding carboxylic acids is 4. The molecule has 0 unspecified atom stereocenters. The Morgan fingerprint density at radius 3 is 1.06 bits per heavy atom. The first kappa shape index (κ1) is 27.6. The molecule has 0 bridgehead atoms. The Kier molecular flexibility index (Phi) is 6.01. The highest BCUT2D eigenvalue weighted by molar-refractivity contribution is 6.32. The molecule has 226 valence electrons. The topological polar surface area (TPSA) is 86.7 Å². The number of rotatable bonds is 4. The maximum Gasteiger partial charge on any atom is 0.198 e. The van der Waals surface area contributed by atoms with Gasteiger partial charge in [-0.05, 0) is 47.2 Å². The second-order valence-corrected chi connectivity index (χ2v) is 11.8. The summed E-state index contributed by atoms with van der Waals surface area (Å²) in [6.07, 6.45) is 0. The molecule has 0 saturated carbocycles. The first-order chi connectivity index (χ1) is 23.5. The molecule has 6 nitrogen and oxygen atoms in total. The van der Waals surface area contributed by atoms with Gasteiger partial charge in [0.15, 0.2) is 23.1 Å². The quantitative estimate of drug-likeness (QED) is 0.195. The summed E-state index contributed by atoms with van der Waals surface area (Å²) < 4.78 is 12.9. The Morgan fingerprint density at radius 2 is 0.667 bits per heavy atom. The molecule has 0 heterocycles. The SMILES string of the molecule is O=C1c2ccccc2C(=O)c2c1cc1ccccc1c2Oc1ccc(Oc2c3c(cc4ccccc24)C(=O)c2ccccc2C3=O)cc1. The number of hydrogen-bond donors (Lipinski definition) is 0. The lowest BCUT2D eigenvalue weighted by Crippen LogP contribution is -2.21. The number of ketones is 4. The smallest absolute Gasteiger partial charge is 0.198 e. The van der Waals surface area contributed by atoms with E-state index in [1.54, 1.807) is 84.9 Å². The standard InChI is InChI=1S/C42H22O6/c43-37-29-13-5-7-15-31(29)39(45)35-33(37)21-23-9-1-3-11-27(23)41(35)47-25-17-19-26(20-18-25)48-42-28-12-4-2-10-24(28)22-34-36(42)40(46)32-16-8-6-14-30(32)38(34)44/h1-22H. The van der Waals surface area contributed by atoms with E-state index in [1.807, 2.05) is 48.5 Å². The Hall–Kier alpha value is -6.66. The highest BCUT2D eigenvalue weighted by atomic mass is 16.5. The molecule has 7 aromatic rings. The lowest BCUT2D eigenvalue weighted by molar-refractivity contribution is 0.0977. The molecule has 0 spiro atoms. The molecule has 6 heteroatoms. The third-order valence-corrected chi connectivity index (χ3v) is 9.04. The summed E-state index contributed by atoms with van der Waals surface area (Å²) in [6.45, 7) is 0. The summed E-state index contributed by atoms with van der Waals surface area (Å²) in [5, 5.41) is 2.94. The van der Waals surface area contributed by atoms with Crippen molar-refractivity contribution in [3.05, 3.63) is 178 Å². The van der Waals surface area contributed by atoms with Crippen molar-refractivity contribution in [2.45, 2.75) is 0 Å². The minimum atomic E-state index is -0.276. The summed E-state index contributed by atoms with van der Waals surface area (Å²) in [4.78, 5) is 54.7. The average molecular weight is 623 g/mol. The fraction of sp³-hybridized carbons (Fsp3) is 0. The lowest BCUT2D eigenvalue weighted by Gasteiger charge is -2.22. The van der Waals surface area contributed by atoms with E-state index in [4.69, 9.17) is 9.47 Å². The van der Waals surface area contributed by atoms with Crippen LogP contribution in [0.25, 0.3) is 21.5 Å². The summed E-state index contributed by atoms with van der Waals surface area (Å²) >= 11 is 0. The van der Waals surface area contributed by atoms with E-state index >= 15 is 0 Å². The molecule has 2 aliphatic carbocycles. The van der Waals surface area contributed by atoms with Crippen LogP contribution >= 0.6 is 0 Å². The van der Waals surface area contributed by atoms with Gasteiger partial charge in [0.1, 0.15) is 23.0 Å². The Labute approximate surface area is 273 Å². The molecule has 7 aromatic carbocycles. The van der Waals surface area contributed by atoms with Gasteiger partial charge < -0.3 is 9.47 Å². The van der Waals surface area contributed by atoms with Crippen LogP contribution in [0.15, 0.2) is 133 Å². The Bertz CT molecular complexity index is 2400. The van der Waals surface area contributed by atoms with E-state index < -0.39 is 0 Å². The third-order valence-electron chi connectivity index (χ3n) is 9.04. The van der Waals surface area contributed by atoms with Gasteiger partial charge in [0, 0.05) is 44.2 Å². The first-order valence-corrected chi connectivity index (χ1v) is 15.4. The fourth-order valence-corrected chi connectivity index (χ4v) is 6.78. The normalized spacial score (nSPS) is 13.2. The van der Waals surface area contributed by atoms with Gasteiger partial charge in [-0.1, -0.05) is 97.1 Å². The monoisotopic (exact) mass is 622 g/mol. The van der Waals surface area contributed by atoms with Gasteiger partial charge in [-0.2, -0.15) is 0 Å². The molecule has 0 fully saturated rings. The first-order valence-electron chi connectivity index (χ1n) is 15.4. The fourth-order valence-electron chi connectivity index (χ4n) is 6.78. The van der Waals surface area contributed by atoms with E-state index in [1.165, 1.54) is 0 Å². The van der Waals surface area contributed by atoms with Gasteiger partial charge in [0.05, 0.1) is 11.1 Å². The van der Waals surface area contributed by atoms with Crippen molar-refractivity contribution in [2.75, 3.05) is 0 Å². The second-order valence-electron chi connectivity index (χ2n) is 11.8. The molecule has 0 aromatic heterocycles. The summed E-state index contributed by atoms with van der Waals surface area (Å²) in [5.41, 5.74) is 2.48. The van der Waals surface area contributed by atoms with Crippen LogP contribution in [0.4, 0.5) is 0 Å². The maximum atomic E-state index is 13.8. The van der Waals surface area contributed by atoms with Gasteiger partial charge in [0.2, 0.25) is 0 Å². The lowest BCUT2D eigenvalue weighted by atomic mass is 9.82. The third kappa shape index (κ3) is 4.06. The van der Waals surface area contributed by atoms with Crippen LogP contribution in [0.2, 0.25) is 0 Å². The average Bonchev–Trinajstić information content (AvgIpc) is 3.13. The molecule has 0 saturated heterocycles. The van der Waals surface area contributed by atoms with Crippen LogP contribution in [0, 0.1) is 0 Å². The zero-order chi connectivity index (χ0) is 32.5. The van der Waals surface area contributed by atoms with Crippen LogP contribution in [0.1, 0.15) is 63.7 Å². The van der Waals surface area contributed by atoms with Gasteiger partial charge in [-0.3, -0.25) is 19.2 Å². The van der Waals surface area contributed by atoms with Gasteiger partial charge in [-0.25, -0.2) is 0 Å². The summed E-state index contributed by atoms with van der Waals surface area (Å²) in [6, 6.07) is 38.9. The van der Waals surface area contributed by atoms with Crippen molar-refractivity contribution >= 4 is 44.7 Å². The predicted molar refractivity (Wildman–Crippen MR) is 181 cm³/mol. The number of hydrogen-bond acceptors (Lipinski definition) is 6. The number of fused-ring (bicyclic) bond motifs is 6. The zero-order valence-electron chi connectivity index (χ0n) is 25.2. The van der Waals surface area contributed by atoms with Crippen LogP contribution in [0.3, 0.4) is 0 Å². The van der Waals surface area contributed by atoms with Crippen LogP contribution in [0.5, 0.6) is 23.0 Å². The minimum Gasteiger partial charge on any atom is -0.456 e. The summed E-state index contributed by atoms with van der Waals surface area (Å²) in [7, 11) is 0. The van der Waals surface area contributed by atoms with Crippen molar-refractivity contribution in [3.63, 3.8) is 0 Å². The molecular weight excluding hydrogens is 600 g/mol. The van der Waals surface area contributed by atoms with Gasteiger partial charge in [-0.15, -0.1) is 0 Å². The molecule has 0 N–H and O–H groups in total. The van der Waals surface area contributed by atoms with E-state index in [9.17, 15) is 19.2 Å². The van der Waals surface area contributed by atoms with Crippen LogP contribution < -0.4 is 9.47 Å². The molecule has 2 aliphatic rings. The Morgan fingerprint density at radius 1 is 0.333 bits per heavy atom. The van der Waals surface area contributed by atoms with Gasteiger partial charge in [0.25, 0.3) is 0 Å². The number of carbonyl (C=O) groups is 4. The maximum absolute atomic E-state index is 13.8. The van der Waals surface area contributed by atoms with Crippen molar-refractivity contribution in [2.24, 2.45) is 0 Å². The largest absolute Gasteiger partial charge is 0.456 e. The molecule has 48 heavy (non-hydrogen) atoms. The van der Waals surface area contributed by atoms with E-state index in [0.29, 0.717) is 67.2 Å². The molecular formula is C42H22O6. The number of benzene rings is 7. The van der Waals surface area contributed by atoms with E-state index in [2.05, 4.69) is 0 Å². The highest BCUT2D eigenvalue weighted by Gasteiger charge is 2.35. The molecule has 0 radical (unpaired) electrons. The predicted octanol–water partition coefficient (Wildman–Crippen LogP) is 9.13. The molecule has 9 rings (SSSR count). The molecule has 0 amide bonds. The molecule has 0 aliphatic heterocycles. The second kappa shape index (κ2) is 10.4. The number of ether oxygens (including phenoxy) is 2. The molecule has 0 atom stereocenters. The Balaban J connectivity index is 1.12. The van der Waals surface area contributed by atoms with E-state index in [-0.39, 0.29) is 34.3 Å². The van der Waals surface area contributed by atoms with Crippen molar-refractivity contribution < 1.29 is 28.7 Å². The minimum absolute atomic E-state index is 0.226. The highest BCUT2D eigenvalue weighted by Crippen LogP contribution is 2.43. The van der Waals surface area contributed by atoms with Crippen LogP contribution in [-0.2, 0) is 0 Å². The van der Waals surface area contributed by atoms with Gasteiger partial charge >= 0.3 is 0 Å². The summed E-state index contributed by atoms with van der Waals surface area (Å²) in [5.74, 6) is 0.429. The van der Waals surface area contributed by atoms with E-state index in [0.717, 1.165) is 10.8 Å². The van der Waals surface area contributed by atoms with Crippen LogP contribution in [-0.4, -0.2) is 23.1 Å². The van der Waals surface area contributed by atoms with Crippen molar-refractivity contribution in [3.8, 4) is 23.0 Å². The van der Waals surface area contributed by atoms with Crippen molar-refractivity contribution in [1.82, 2.24) is 0 Å². The van der Waals surface area contributed by atoms with Crippen molar-refractivity contribution in [1.29, 1.82) is 0 Å².